The summed E-state index contributed by atoms with van der Waals surface area (Å²) < 4.78 is 5.78. The number of anilines is 2. The van der Waals surface area contributed by atoms with Gasteiger partial charge in [-0.25, -0.2) is 4.98 Å². The normalized spacial score (nSPS) is 14.6. The first-order valence-electron chi connectivity index (χ1n) is 6.73. The number of nitrogens with one attached hydrogen (secondary N) is 1. The highest BCUT2D eigenvalue weighted by Crippen LogP contribution is 2.28. The molecule has 0 amide bonds. The van der Waals surface area contributed by atoms with E-state index in [4.69, 9.17) is 10.5 Å². The number of ether oxygens (including phenoxy) is 1. The molecule has 2 aromatic heterocycles. The Kier molecular flexibility index (Phi) is 2.63. The lowest BCUT2D eigenvalue weighted by Crippen LogP contribution is -2.26. The lowest BCUT2D eigenvalue weighted by Gasteiger charge is -2.21. The Bertz CT molecular complexity index is 799. The van der Waals surface area contributed by atoms with Gasteiger partial charge in [-0.15, -0.1) is 0 Å². The van der Waals surface area contributed by atoms with E-state index in [1.807, 2.05) is 18.2 Å². The maximum Gasteiger partial charge on any atom is 0.224 e. The van der Waals surface area contributed by atoms with Gasteiger partial charge < -0.3 is 20.4 Å². The summed E-state index contributed by atoms with van der Waals surface area (Å²) >= 11 is 0. The zero-order valence-electron chi connectivity index (χ0n) is 11.3. The van der Waals surface area contributed by atoms with Crippen LogP contribution in [-0.4, -0.2) is 33.1 Å². The molecule has 0 fully saturated rings. The molecule has 7 heteroatoms. The average Bonchev–Trinajstić information content (AvgIpc) is 2.84. The number of aromatic amines is 1. The molecule has 3 N–H and O–H groups in total. The Morgan fingerprint density at radius 2 is 2.14 bits per heavy atom. The van der Waals surface area contributed by atoms with Crippen LogP contribution in [0.4, 0.5) is 11.8 Å². The van der Waals surface area contributed by atoms with Gasteiger partial charge in [0.25, 0.3) is 0 Å². The zero-order valence-corrected chi connectivity index (χ0v) is 11.3. The van der Waals surface area contributed by atoms with Crippen molar-refractivity contribution in [3.05, 3.63) is 36.2 Å². The van der Waals surface area contributed by atoms with Crippen molar-refractivity contribution in [2.45, 2.75) is 6.54 Å². The minimum atomic E-state index is 0.225. The Labute approximate surface area is 120 Å². The number of nitrogens with two attached hydrogens (primary N) is 1. The minimum absolute atomic E-state index is 0.225. The van der Waals surface area contributed by atoms with Gasteiger partial charge in [-0.05, 0) is 6.07 Å². The molecule has 4 rings (SSSR count). The van der Waals surface area contributed by atoms with Gasteiger partial charge >= 0.3 is 0 Å². The fourth-order valence-corrected chi connectivity index (χ4v) is 2.57. The fourth-order valence-electron chi connectivity index (χ4n) is 2.57. The molecule has 1 aliphatic rings. The number of para-hydroxylation sites is 1. The molecule has 0 spiro atoms. The molecule has 0 saturated heterocycles. The van der Waals surface area contributed by atoms with E-state index >= 15 is 0 Å². The van der Waals surface area contributed by atoms with E-state index in [9.17, 15) is 0 Å². The van der Waals surface area contributed by atoms with Crippen LogP contribution >= 0.6 is 0 Å². The van der Waals surface area contributed by atoms with Crippen molar-refractivity contribution in [3.63, 3.8) is 0 Å². The first-order valence-corrected chi connectivity index (χ1v) is 6.73. The maximum atomic E-state index is 5.79. The number of hydrogen-bond acceptors (Lipinski definition) is 6. The summed E-state index contributed by atoms with van der Waals surface area (Å²) in [5.74, 6) is 1.90. The Balaban J connectivity index is 1.80. The molecule has 1 aromatic carbocycles. The predicted octanol–water partition coefficient (Wildman–Crippen LogP) is 1.33. The molecule has 3 aromatic rings. The summed E-state index contributed by atoms with van der Waals surface area (Å²) in [6.45, 7) is 2.02. The van der Waals surface area contributed by atoms with E-state index < -0.39 is 0 Å². The predicted molar refractivity (Wildman–Crippen MR) is 79.1 cm³/mol. The van der Waals surface area contributed by atoms with Crippen LogP contribution in [0.5, 0.6) is 5.75 Å². The summed E-state index contributed by atoms with van der Waals surface area (Å²) in [5, 5.41) is 0. The van der Waals surface area contributed by atoms with Gasteiger partial charge in [0.05, 0.1) is 12.9 Å². The third-order valence-electron chi connectivity index (χ3n) is 3.54. The average molecular weight is 282 g/mol. The van der Waals surface area contributed by atoms with E-state index in [1.165, 1.54) is 0 Å². The topological polar surface area (TPSA) is 92.9 Å². The van der Waals surface area contributed by atoms with E-state index in [1.54, 1.807) is 6.33 Å². The van der Waals surface area contributed by atoms with Crippen LogP contribution in [0.25, 0.3) is 11.2 Å². The summed E-state index contributed by atoms with van der Waals surface area (Å²) in [4.78, 5) is 17.9. The van der Waals surface area contributed by atoms with Crippen LogP contribution in [0.15, 0.2) is 30.6 Å². The van der Waals surface area contributed by atoms with E-state index in [-0.39, 0.29) is 5.95 Å². The van der Waals surface area contributed by atoms with E-state index in [0.29, 0.717) is 18.8 Å². The molecule has 1 aliphatic heterocycles. The Hall–Kier alpha value is -2.83. The monoisotopic (exact) mass is 282 g/mol. The van der Waals surface area contributed by atoms with E-state index in [0.717, 1.165) is 29.2 Å². The summed E-state index contributed by atoms with van der Waals surface area (Å²) in [6.07, 6.45) is 1.60. The lowest BCUT2D eigenvalue weighted by atomic mass is 10.2. The highest BCUT2D eigenvalue weighted by Gasteiger charge is 2.20. The lowest BCUT2D eigenvalue weighted by molar-refractivity contribution is 0.331. The third-order valence-corrected chi connectivity index (χ3v) is 3.54. The van der Waals surface area contributed by atoms with Gasteiger partial charge in [-0.3, -0.25) is 0 Å². The molecular weight excluding hydrogens is 268 g/mol. The van der Waals surface area contributed by atoms with Crippen molar-refractivity contribution in [1.82, 2.24) is 19.9 Å². The molecule has 0 saturated carbocycles. The Morgan fingerprint density at radius 1 is 1.24 bits per heavy atom. The molecule has 0 unspecified atom stereocenters. The number of aromatic nitrogens is 4. The second kappa shape index (κ2) is 4.62. The number of rotatable bonds is 1. The molecular formula is C14H14N6O. The van der Waals surface area contributed by atoms with Gasteiger partial charge in [0.2, 0.25) is 5.95 Å². The molecule has 0 aliphatic carbocycles. The van der Waals surface area contributed by atoms with Gasteiger partial charge in [0.15, 0.2) is 11.5 Å². The minimum Gasteiger partial charge on any atom is -0.491 e. The molecule has 0 atom stereocenters. The van der Waals surface area contributed by atoms with Gasteiger partial charge in [0, 0.05) is 12.1 Å². The van der Waals surface area contributed by atoms with Crippen molar-refractivity contribution >= 4 is 22.9 Å². The fraction of sp³-hybridized carbons (Fsp3) is 0.214. The zero-order chi connectivity index (χ0) is 14.2. The SMILES string of the molecule is Nc1nc(N2CCOc3ccccc3C2)c2[nH]cnc2n1. The quantitative estimate of drug-likeness (QED) is 0.699. The molecule has 0 radical (unpaired) electrons. The van der Waals surface area contributed by atoms with Crippen LogP contribution in [0.2, 0.25) is 0 Å². The standard InChI is InChI=1S/C14H14N6O/c15-14-18-12-11(16-8-17-12)13(19-14)20-5-6-21-10-4-2-1-3-9(10)7-20/h1-4,8H,5-7H2,(H3,15,16,17,18,19). The number of nitrogens with zero attached hydrogens (tertiary/aromatic N) is 4. The number of imidazole rings is 1. The highest BCUT2D eigenvalue weighted by atomic mass is 16.5. The molecule has 7 nitrogen and oxygen atoms in total. The maximum absolute atomic E-state index is 5.79. The van der Waals surface area contributed by atoms with Crippen LogP contribution in [-0.2, 0) is 6.54 Å². The van der Waals surface area contributed by atoms with Crippen LogP contribution in [0.3, 0.4) is 0 Å². The smallest absolute Gasteiger partial charge is 0.224 e. The largest absolute Gasteiger partial charge is 0.491 e. The van der Waals surface area contributed by atoms with Crippen LogP contribution in [0, 0.1) is 0 Å². The third kappa shape index (κ3) is 2.03. The van der Waals surface area contributed by atoms with Gasteiger partial charge in [-0.1, -0.05) is 18.2 Å². The first kappa shape index (κ1) is 12.0. The second-order valence-corrected chi connectivity index (χ2v) is 4.88. The van der Waals surface area contributed by atoms with Crippen molar-refractivity contribution in [1.29, 1.82) is 0 Å². The first-order chi connectivity index (χ1) is 10.3. The number of hydrogen-bond donors (Lipinski definition) is 2. The van der Waals surface area contributed by atoms with Gasteiger partial charge in [0.1, 0.15) is 17.9 Å². The molecule has 3 heterocycles. The second-order valence-electron chi connectivity index (χ2n) is 4.88. The summed E-state index contributed by atoms with van der Waals surface area (Å²) in [6, 6.07) is 8.03. The molecule has 106 valence electrons. The van der Waals surface area contributed by atoms with Crippen molar-refractivity contribution < 1.29 is 4.74 Å². The van der Waals surface area contributed by atoms with Crippen LogP contribution in [0.1, 0.15) is 5.56 Å². The van der Waals surface area contributed by atoms with Crippen molar-refractivity contribution in [2.75, 3.05) is 23.8 Å². The van der Waals surface area contributed by atoms with E-state index in [2.05, 4.69) is 30.9 Å². The highest BCUT2D eigenvalue weighted by molar-refractivity contribution is 5.84. The number of H-pyrrole nitrogens is 1. The van der Waals surface area contributed by atoms with Crippen molar-refractivity contribution in [3.8, 4) is 5.75 Å². The molecule has 0 bridgehead atoms. The number of benzene rings is 1. The van der Waals surface area contributed by atoms with Crippen LogP contribution < -0.4 is 15.4 Å². The Morgan fingerprint density at radius 3 is 3.10 bits per heavy atom. The number of fused-ring (bicyclic) bond motifs is 2. The van der Waals surface area contributed by atoms with Crippen molar-refractivity contribution in [2.24, 2.45) is 0 Å². The van der Waals surface area contributed by atoms with Gasteiger partial charge in [-0.2, -0.15) is 9.97 Å². The summed E-state index contributed by atoms with van der Waals surface area (Å²) in [5.41, 5.74) is 8.29. The molecule has 21 heavy (non-hydrogen) atoms. The summed E-state index contributed by atoms with van der Waals surface area (Å²) in [7, 11) is 0. The number of nitrogen functional groups attached to an aromatic ring is 1.